The van der Waals surface area contributed by atoms with Crippen molar-refractivity contribution in [1.82, 2.24) is 4.57 Å². The number of primary amides is 1. The van der Waals surface area contributed by atoms with Crippen LogP contribution in [-0.4, -0.2) is 23.8 Å². The molecule has 5 nitrogen and oxygen atoms in total. The fraction of sp³-hybridized carbons (Fsp3) is 0.174. The van der Waals surface area contributed by atoms with Crippen molar-refractivity contribution in [2.45, 2.75) is 13.8 Å². The third kappa shape index (κ3) is 3.12. The summed E-state index contributed by atoms with van der Waals surface area (Å²) < 4.78 is 13.4. The SMILES string of the molecule is CCOc1cccc(OCC)c1-c1ccc2c3ccccc3n(C(N)=O)c2c1P. The molecule has 148 valence electrons. The molecule has 29 heavy (non-hydrogen) atoms. The lowest BCUT2D eigenvalue weighted by molar-refractivity contribution is 0.252. The lowest BCUT2D eigenvalue weighted by Crippen LogP contribution is -2.21. The van der Waals surface area contributed by atoms with Crippen molar-refractivity contribution in [2.24, 2.45) is 5.73 Å². The minimum Gasteiger partial charge on any atom is -0.493 e. The maximum absolute atomic E-state index is 12.4. The molecule has 0 fully saturated rings. The van der Waals surface area contributed by atoms with Crippen LogP contribution in [0, 0.1) is 0 Å². The third-order valence-corrected chi connectivity index (χ3v) is 5.54. The van der Waals surface area contributed by atoms with E-state index in [-0.39, 0.29) is 0 Å². The highest BCUT2D eigenvalue weighted by molar-refractivity contribution is 7.29. The van der Waals surface area contributed by atoms with Gasteiger partial charge in [0.1, 0.15) is 11.5 Å². The van der Waals surface area contributed by atoms with Crippen LogP contribution in [0.5, 0.6) is 11.5 Å². The number of nitrogens with two attached hydrogens (primary N) is 1. The van der Waals surface area contributed by atoms with Gasteiger partial charge in [-0.15, -0.1) is 9.24 Å². The predicted octanol–water partition coefficient (Wildman–Crippen LogP) is 4.69. The Hall–Kier alpha value is -3.04. The van der Waals surface area contributed by atoms with Crippen LogP contribution in [0.1, 0.15) is 13.8 Å². The van der Waals surface area contributed by atoms with Crippen molar-refractivity contribution in [3.05, 3.63) is 54.6 Å². The Morgan fingerprint density at radius 3 is 2.21 bits per heavy atom. The summed E-state index contributed by atoms with van der Waals surface area (Å²) in [4.78, 5) is 12.4. The molecule has 0 aliphatic carbocycles. The predicted molar refractivity (Wildman–Crippen MR) is 122 cm³/mol. The smallest absolute Gasteiger partial charge is 0.323 e. The zero-order valence-corrected chi connectivity index (χ0v) is 17.6. The molecule has 4 rings (SSSR count). The van der Waals surface area contributed by atoms with Gasteiger partial charge in [-0.3, -0.25) is 4.57 Å². The summed E-state index contributed by atoms with van der Waals surface area (Å²) in [6.07, 6.45) is 0. The summed E-state index contributed by atoms with van der Waals surface area (Å²) in [5.74, 6) is 1.48. The molecular weight excluding hydrogens is 383 g/mol. The number of para-hydroxylation sites is 1. The summed E-state index contributed by atoms with van der Waals surface area (Å²) in [7, 11) is 2.78. The third-order valence-electron chi connectivity index (χ3n) is 4.95. The van der Waals surface area contributed by atoms with Crippen molar-refractivity contribution in [1.29, 1.82) is 0 Å². The molecular formula is C23H23N2O3P. The topological polar surface area (TPSA) is 66.5 Å². The normalized spacial score (nSPS) is 11.1. The highest BCUT2D eigenvalue weighted by Gasteiger charge is 2.21. The molecule has 0 bridgehead atoms. The maximum atomic E-state index is 12.4. The van der Waals surface area contributed by atoms with E-state index >= 15 is 0 Å². The molecule has 0 aliphatic rings. The van der Waals surface area contributed by atoms with Crippen molar-refractivity contribution in [2.75, 3.05) is 13.2 Å². The van der Waals surface area contributed by atoms with Crippen LogP contribution < -0.4 is 20.5 Å². The number of rotatable bonds is 5. The number of hydrogen-bond acceptors (Lipinski definition) is 3. The molecule has 0 saturated heterocycles. The number of fused-ring (bicyclic) bond motifs is 3. The minimum atomic E-state index is -0.514. The molecule has 0 spiro atoms. The quantitative estimate of drug-likeness (QED) is 0.489. The second-order valence-electron chi connectivity index (χ2n) is 6.61. The molecule has 1 unspecified atom stereocenters. The van der Waals surface area contributed by atoms with E-state index in [0.717, 1.165) is 49.7 Å². The average molecular weight is 406 g/mol. The van der Waals surface area contributed by atoms with E-state index in [9.17, 15) is 4.79 Å². The van der Waals surface area contributed by atoms with Gasteiger partial charge in [-0.1, -0.05) is 36.4 Å². The van der Waals surface area contributed by atoms with Gasteiger partial charge >= 0.3 is 6.03 Å². The Bertz CT molecular complexity index is 1210. The fourth-order valence-corrected chi connectivity index (χ4v) is 4.38. The molecule has 3 aromatic carbocycles. The number of benzene rings is 3. The minimum absolute atomic E-state index is 0.514. The first-order valence-corrected chi connectivity index (χ1v) is 10.2. The lowest BCUT2D eigenvalue weighted by Gasteiger charge is -2.17. The second kappa shape index (κ2) is 7.76. The Morgan fingerprint density at radius 1 is 0.931 bits per heavy atom. The fourth-order valence-electron chi connectivity index (χ4n) is 3.86. The molecule has 1 amide bonds. The Balaban J connectivity index is 2.10. The molecule has 1 heterocycles. The average Bonchev–Trinajstić information content (AvgIpc) is 3.05. The van der Waals surface area contributed by atoms with Gasteiger partial charge in [0.25, 0.3) is 0 Å². The summed E-state index contributed by atoms with van der Waals surface area (Å²) in [6, 6.07) is 17.1. The number of hydrogen-bond donors (Lipinski definition) is 1. The van der Waals surface area contributed by atoms with E-state index in [0.29, 0.717) is 13.2 Å². The van der Waals surface area contributed by atoms with Gasteiger partial charge in [0.2, 0.25) is 0 Å². The first-order chi connectivity index (χ1) is 14.1. The molecule has 0 saturated carbocycles. The summed E-state index contributed by atoms with van der Waals surface area (Å²) in [5, 5.41) is 2.82. The Labute approximate surface area is 171 Å². The number of amides is 1. The van der Waals surface area contributed by atoms with Gasteiger partial charge in [-0.25, -0.2) is 4.79 Å². The first kappa shape index (κ1) is 19.3. The van der Waals surface area contributed by atoms with E-state index in [1.54, 1.807) is 4.57 Å². The number of carbonyl (C=O) groups is 1. The Morgan fingerprint density at radius 2 is 1.59 bits per heavy atom. The Kier molecular flexibility index (Phi) is 5.16. The van der Waals surface area contributed by atoms with Crippen LogP contribution >= 0.6 is 9.24 Å². The van der Waals surface area contributed by atoms with Gasteiger partial charge < -0.3 is 15.2 Å². The van der Waals surface area contributed by atoms with E-state index < -0.39 is 6.03 Å². The maximum Gasteiger partial charge on any atom is 0.323 e. The van der Waals surface area contributed by atoms with E-state index in [2.05, 4.69) is 9.24 Å². The van der Waals surface area contributed by atoms with Crippen molar-refractivity contribution in [3.63, 3.8) is 0 Å². The molecule has 0 aliphatic heterocycles. The summed E-state index contributed by atoms with van der Waals surface area (Å²) in [5.41, 5.74) is 9.11. The summed E-state index contributed by atoms with van der Waals surface area (Å²) in [6.45, 7) is 4.98. The van der Waals surface area contributed by atoms with Gasteiger partial charge in [0.05, 0.1) is 29.8 Å². The van der Waals surface area contributed by atoms with Crippen molar-refractivity contribution in [3.8, 4) is 22.6 Å². The van der Waals surface area contributed by atoms with Gasteiger partial charge in [0.15, 0.2) is 0 Å². The standard InChI is InChI=1S/C23H23N2O3P/c1-3-27-18-10-7-11-19(28-4-2)20(18)16-13-12-15-14-8-5-6-9-17(14)25(23(24)26)21(15)22(16)29/h5-13H,3-4,29H2,1-2H3,(H2,24,26). The zero-order chi connectivity index (χ0) is 20.5. The van der Waals surface area contributed by atoms with Crippen LogP contribution in [0.4, 0.5) is 4.79 Å². The van der Waals surface area contributed by atoms with Crippen LogP contribution in [0.2, 0.25) is 0 Å². The van der Waals surface area contributed by atoms with Crippen molar-refractivity contribution < 1.29 is 14.3 Å². The monoisotopic (exact) mass is 406 g/mol. The highest BCUT2D eigenvalue weighted by atomic mass is 31.0. The largest absolute Gasteiger partial charge is 0.493 e. The molecule has 1 atom stereocenters. The molecule has 4 aromatic rings. The van der Waals surface area contributed by atoms with Gasteiger partial charge in [0, 0.05) is 16.1 Å². The van der Waals surface area contributed by atoms with Crippen LogP contribution in [0.25, 0.3) is 32.9 Å². The summed E-state index contributed by atoms with van der Waals surface area (Å²) >= 11 is 0. The highest BCUT2D eigenvalue weighted by Crippen LogP contribution is 2.40. The number of ether oxygens (including phenoxy) is 2. The number of aromatic nitrogens is 1. The van der Waals surface area contributed by atoms with Crippen molar-refractivity contribution >= 4 is 42.4 Å². The van der Waals surface area contributed by atoms with Crippen LogP contribution in [0.3, 0.4) is 0 Å². The number of carbonyl (C=O) groups excluding carboxylic acids is 1. The zero-order valence-electron chi connectivity index (χ0n) is 16.4. The molecule has 1 aromatic heterocycles. The molecule has 0 radical (unpaired) electrons. The second-order valence-corrected chi connectivity index (χ2v) is 7.19. The van der Waals surface area contributed by atoms with Gasteiger partial charge in [-0.05, 0) is 37.6 Å². The van der Waals surface area contributed by atoms with Crippen LogP contribution in [0.15, 0.2) is 54.6 Å². The molecule has 6 heteroatoms. The molecule has 2 N–H and O–H groups in total. The van der Waals surface area contributed by atoms with Crippen LogP contribution in [-0.2, 0) is 0 Å². The van der Waals surface area contributed by atoms with E-state index in [1.807, 2.05) is 68.4 Å². The van der Waals surface area contributed by atoms with E-state index in [4.69, 9.17) is 15.2 Å². The van der Waals surface area contributed by atoms with E-state index in [1.165, 1.54) is 0 Å². The first-order valence-electron chi connectivity index (χ1n) is 9.58. The van der Waals surface area contributed by atoms with Gasteiger partial charge in [-0.2, -0.15) is 0 Å². The lowest BCUT2D eigenvalue weighted by atomic mass is 10.0. The number of nitrogens with zero attached hydrogens (tertiary/aromatic N) is 1.